The Morgan fingerprint density at radius 1 is 1.26 bits per heavy atom. The molecule has 27 heavy (non-hydrogen) atoms. The second-order valence-corrected chi connectivity index (χ2v) is 7.02. The molecule has 0 aromatic carbocycles. The number of aryl methyl sites for hydroxylation is 2. The minimum absolute atomic E-state index is 0.169. The average Bonchev–Trinajstić information content (AvgIpc) is 2.63. The van der Waals surface area contributed by atoms with Crippen LogP contribution in [0.3, 0.4) is 0 Å². The van der Waals surface area contributed by atoms with Gasteiger partial charge in [0.1, 0.15) is 0 Å². The molecule has 3 rings (SSSR count). The standard InChI is InChI=1S/C20H26N4O3/c1-12-8-13(2)23-20(26)16(12)10-22-19(25)17-9-21-11-18(14(17)3)24-15-4-6-27-7-5-15/h8-9,11,15,24H,4-7,10H2,1-3H3,(H,22,25)(H,23,26). The zero-order valence-electron chi connectivity index (χ0n) is 16.0. The molecule has 0 aliphatic carbocycles. The van der Waals surface area contributed by atoms with Gasteiger partial charge in [-0.15, -0.1) is 0 Å². The molecule has 1 fully saturated rings. The number of hydrogen-bond acceptors (Lipinski definition) is 5. The van der Waals surface area contributed by atoms with Crippen molar-refractivity contribution < 1.29 is 9.53 Å². The van der Waals surface area contributed by atoms with Crippen LogP contribution in [0.2, 0.25) is 0 Å². The minimum Gasteiger partial charge on any atom is -0.381 e. The van der Waals surface area contributed by atoms with Gasteiger partial charge < -0.3 is 20.4 Å². The molecule has 0 bridgehead atoms. The summed E-state index contributed by atoms with van der Waals surface area (Å²) >= 11 is 0. The maximum atomic E-state index is 12.7. The van der Waals surface area contributed by atoms with Crippen LogP contribution in [0.1, 0.15) is 45.6 Å². The van der Waals surface area contributed by atoms with Crippen molar-refractivity contribution in [2.24, 2.45) is 0 Å². The van der Waals surface area contributed by atoms with Crippen LogP contribution in [0.25, 0.3) is 0 Å². The van der Waals surface area contributed by atoms with Crippen LogP contribution in [-0.2, 0) is 11.3 Å². The summed E-state index contributed by atoms with van der Waals surface area (Å²) in [5.74, 6) is -0.241. The van der Waals surface area contributed by atoms with Gasteiger partial charge in [-0.25, -0.2) is 0 Å². The Morgan fingerprint density at radius 2 is 2.00 bits per heavy atom. The first-order valence-electron chi connectivity index (χ1n) is 9.22. The van der Waals surface area contributed by atoms with E-state index in [1.807, 2.05) is 26.8 Å². The van der Waals surface area contributed by atoms with Crippen molar-refractivity contribution in [1.29, 1.82) is 0 Å². The lowest BCUT2D eigenvalue weighted by molar-refractivity contribution is 0.0903. The van der Waals surface area contributed by atoms with Crippen LogP contribution < -0.4 is 16.2 Å². The summed E-state index contributed by atoms with van der Waals surface area (Å²) in [6.45, 7) is 7.28. The predicted octanol–water partition coefficient (Wildman–Crippen LogP) is 2.22. The van der Waals surface area contributed by atoms with E-state index in [0.717, 1.165) is 48.6 Å². The summed E-state index contributed by atoms with van der Waals surface area (Å²) in [4.78, 5) is 31.8. The quantitative estimate of drug-likeness (QED) is 0.750. The summed E-state index contributed by atoms with van der Waals surface area (Å²) in [5.41, 5.74) is 4.28. The highest BCUT2D eigenvalue weighted by atomic mass is 16.5. The van der Waals surface area contributed by atoms with Crippen LogP contribution in [0.15, 0.2) is 23.3 Å². The van der Waals surface area contributed by atoms with Crippen molar-refractivity contribution in [3.8, 4) is 0 Å². The monoisotopic (exact) mass is 370 g/mol. The van der Waals surface area contributed by atoms with Crippen molar-refractivity contribution in [3.05, 3.63) is 56.8 Å². The van der Waals surface area contributed by atoms with E-state index < -0.39 is 0 Å². The predicted molar refractivity (Wildman–Crippen MR) is 104 cm³/mol. The first-order valence-corrected chi connectivity index (χ1v) is 9.22. The van der Waals surface area contributed by atoms with Gasteiger partial charge in [0.05, 0.1) is 17.4 Å². The molecule has 2 aromatic rings. The van der Waals surface area contributed by atoms with Crippen LogP contribution in [0.5, 0.6) is 0 Å². The Kier molecular flexibility index (Phi) is 5.91. The molecule has 1 aliphatic rings. The number of pyridine rings is 2. The fraction of sp³-hybridized carbons (Fsp3) is 0.450. The van der Waals surface area contributed by atoms with Crippen LogP contribution in [0.4, 0.5) is 5.69 Å². The Bertz CT molecular complexity index is 885. The molecule has 3 N–H and O–H groups in total. The fourth-order valence-corrected chi connectivity index (χ4v) is 3.33. The van der Waals surface area contributed by atoms with Crippen LogP contribution in [0, 0.1) is 20.8 Å². The third-order valence-corrected chi connectivity index (χ3v) is 4.96. The number of nitrogens with zero attached hydrogens (tertiary/aromatic N) is 1. The number of rotatable bonds is 5. The molecule has 7 heteroatoms. The second kappa shape index (κ2) is 8.35. The molecule has 0 unspecified atom stereocenters. The lowest BCUT2D eigenvalue weighted by Crippen LogP contribution is -2.30. The Morgan fingerprint density at radius 3 is 2.70 bits per heavy atom. The first-order chi connectivity index (χ1) is 13.0. The molecule has 144 valence electrons. The number of aromatic nitrogens is 2. The lowest BCUT2D eigenvalue weighted by Gasteiger charge is -2.25. The van der Waals surface area contributed by atoms with Crippen molar-refractivity contribution >= 4 is 11.6 Å². The lowest BCUT2D eigenvalue weighted by atomic mass is 10.1. The number of amides is 1. The van der Waals surface area contributed by atoms with Crippen molar-refractivity contribution in [1.82, 2.24) is 15.3 Å². The zero-order valence-corrected chi connectivity index (χ0v) is 16.0. The summed E-state index contributed by atoms with van der Waals surface area (Å²) in [6, 6.07) is 2.22. The molecular weight excluding hydrogens is 344 g/mol. The van der Waals surface area contributed by atoms with Crippen LogP contribution >= 0.6 is 0 Å². The van der Waals surface area contributed by atoms with Gasteiger partial charge in [-0.1, -0.05) is 0 Å². The molecule has 0 radical (unpaired) electrons. The Labute approximate surface area is 158 Å². The number of aromatic amines is 1. The molecule has 1 saturated heterocycles. The van der Waals surface area contributed by atoms with E-state index in [1.54, 1.807) is 12.4 Å². The number of carbonyl (C=O) groups is 1. The highest BCUT2D eigenvalue weighted by Crippen LogP contribution is 2.21. The largest absolute Gasteiger partial charge is 0.381 e. The molecule has 1 amide bonds. The molecule has 0 spiro atoms. The van der Waals surface area contributed by atoms with Crippen LogP contribution in [-0.4, -0.2) is 35.1 Å². The molecular formula is C20H26N4O3. The van der Waals surface area contributed by atoms with E-state index >= 15 is 0 Å². The molecule has 0 atom stereocenters. The topological polar surface area (TPSA) is 96.1 Å². The second-order valence-electron chi connectivity index (χ2n) is 7.02. The molecule has 0 saturated carbocycles. The number of carbonyl (C=O) groups excluding carboxylic acids is 1. The van der Waals surface area contributed by atoms with E-state index in [-0.39, 0.29) is 18.0 Å². The first kappa shape index (κ1) is 19.1. The van der Waals surface area contributed by atoms with E-state index in [4.69, 9.17) is 4.74 Å². The maximum absolute atomic E-state index is 12.7. The number of hydrogen-bond donors (Lipinski definition) is 3. The van der Waals surface area contributed by atoms with E-state index in [2.05, 4.69) is 20.6 Å². The van der Waals surface area contributed by atoms with Crippen molar-refractivity contribution in [2.45, 2.75) is 46.2 Å². The Hall–Kier alpha value is -2.67. The number of anilines is 1. The smallest absolute Gasteiger partial charge is 0.253 e. The van der Waals surface area contributed by atoms with E-state index in [9.17, 15) is 9.59 Å². The number of nitrogens with one attached hydrogen (secondary N) is 3. The van der Waals surface area contributed by atoms with E-state index in [0.29, 0.717) is 17.2 Å². The number of H-pyrrole nitrogens is 1. The normalized spacial score (nSPS) is 14.8. The van der Waals surface area contributed by atoms with Crippen molar-refractivity contribution in [3.63, 3.8) is 0 Å². The maximum Gasteiger partial charge on any atom is 0.253 e. The molecule has 7 nitrogen and oxygen atoms in total. The van der Waals surface area contributed by atoms with Gasteiger partial charge >= 0.3 is 0 Å². The van der Waals surface area contributed by atoms with Gasteiger partial charge in [0, 0.05) is 43.3 Å². The summed E-state index contributed by atoms with van der Waals surface area (Å²) in [5, 5.41) is 6.31. The highest BCUT2D eigenvalue weighted by molar-refractivity contribution is 5.96. The highest BCUT2D eigenvalue weighted by Gasteiger charge is 2.18. The molecule has 2 aromatic heterocycles. The molecule has 3 heterocycles. The van der Waals surface area contributed by atoms with Crippen molar-refractivity contribution in [2.75, 3.05) is 18.5 Å². The zero-order chi connectivity index (χ0) is 19.4. The average molecular weight is 370 g/mol. The fourth-order valence-electron chi connectivity index (χ4n) is 3.33. The summed E-state index contributed by atoms with van der Waals surface area (Å²) in [6.07, 6.45) is 5.18. The van der Waals surface area contributed by atoms with Gasteiger partial charge in [-0.05, 0) is 50.8 Å². The third kappa shape index (κ3) is 4.54. The minimum atomic E-state index is -0.241. The number of ether oxygens (including phenoxy) is 1. The molecule has 1 aliphatic heterocycles. The van der Waals surface area contributed by atoms with Gasteiger partial charge in [0.2, 0.25) is 0 Å². The summed E-state index contributed by atoms with van der Waals surface area (Å²) in [7, 11) is 0. The van der Waals surface area contributed by atoms with Gasteiger partial charge in [-0.2, -0.15) is 0 Å². The van der Waals surface area contributed by atoms with Gasteiger partial charge in [0.15, 0.2) is 0 Å². The SMILES string of the molecule is Cc1cc(C)c(CNC(=O)c2cncc(NC3CCOCC3)c2C)c(=O)[nH]1. The Balaban J connectivity index is 1.71. The summed E-state index contributed by atoms with van der Waals surface area (Å²) < 4.78 is 5.38. The van der Waals surface area contributed by atoms with Gasteiger partial charge in [-0.3, -0.25) is 14.6 Å². The van der Waals surface area contributed by atoms with Gasteiger partial charge in [0.25, 0.3) is 11.5 Å². The van der Waals surface area contributed by atoms with E-state index in [1.165, 1.54) is 0 Å². The third-order valence-electron chi connectivity index (χ3n) is 4.96.